The lowest BCUT2D eigenvalue weighted by Gasteiger charge is -1.97. The lowest BCUT2D eigenvalue weighted by molar-refractivity contribution is -0.114. The van der Waals surface area contributed by atoms with Crippen LogP contribution in [0, 0.1) is 0 Å². The van der Waals surface area contributed by atoms with Gasteiger partial charge >= 0.3 is 0 Å². The molecule has 6 heteroatoms. The van der Waals surface area contributed by atoms with Crippen molar-refractivity contribution in [1.82, 2.24) is 4.72 Å². The van der Waals surface area contributed by atoms with Gasteiger partial charge in [-0.2, -0.15) is 0 Å². The van der Waals surface area contributed by atoms with Crippen LogP contribution >= 0.6 is 0 Å². The van der Waals surface area contributed by atoms with Crippen LogP contribution in [-0.2, 0) is 16.1 Å². The number of rotatable bonds is 3. The quantitative estimate of drug-likeness (QED) is 0.345. The zero-order valence-electron chi connectivity index (χ0n) is 4.46. The van der Waals surface area contributed by atoms with Gasteiger partial charge in [-0.1, -0.05) is 6.58 Å². The molecule has 0 fully saturated rings. The van der Waals surface area contributed by atoms with Crippen molar-refractivity contribution in [3.05, 3.63) is 12.3 Å². The first-order valence-corrected chi connectivity index (χ1v) is 3.01. The Labute approximate surface area is 54.3 Å². The van der Waals surface area contributed by atoms with Crippen LogP contribution in [0.5, 0.6) is 0 Å². The molecule has 0 bridgehead atoms. The highest BCUT2D eigenvalue weighted by molar-refractivity contribution is 7.77. The fourth-order valence-corrected chi connectivity index (χ4v) is 0.467. The lowest BCUT2D eigenvalue weighted by atomic mass is 10.5. The Hall–Kier alpha value is -0.880. The molecule has 0 rings (SSSR count). The van der Waals surface area contributed by atoms with E-state index in [2.05, 4.69) is 12.3 Å². The highest BCUT2D eigenvalue weighted by Gasteiger charge is 2.01. The summed E-state index contributed by atoms with van der Waals surface area (Å²) in [7, 11) is 0. The van der Waals surface area contributed by atoms with Gasteiger partial charge in [-0.05, 0) is 0 Å². The molecule has 4 N–H and O–H groups in total. The Bertz CT molecular complexity index is 166. The Morgan fingerprint density at radius 1 is 1.78 bits per heavy atom. The van der Waals surface area contributed by atoms with Gasteiger partial charge in [-0.25, -0.2) is 4.21 Å². The first kappa shape index (κ1) is 8.12. The maximum absolute atomic E-state index is 10.0. The zero-order valence-corrected chi connectivity index (χ0v) is 5.27. The van der Waals surface area contributed by atoms with E-state index in [1.807, 2.05) is 0 Å². The van der Waals surface area contributed by atoms with Gasteiger partial charge in [0.15, 0.2) is 0 Å². The molecule has 0 aromatic heterocycles. The number of primary amides is 1. The van der Waals surface area contributed by atoms with Gasteiger partial charge < -0.3 is 5.73 Å². The summed E-state index contributed by atoms with van der Waals surface area (Å²) in [6.45, 7) is 3.06. The first-order valence-electron chi connectivity index (χ1n) is 1.90. The molecule has 0 saturated carbocycles. The molecule has 0 aliphatic carbocycles. The maximum atomic E-state index is 10.0. The van der Waals surface area contributed by atoms with E-state index in [0.717, 1.165) is 0 Å². The largest absolute Gasteiger partial charge is 0.364 e. The van der Waals surface area contributed by atoms with E-state index in [1.165, 1.54) is 0 Å². The Balaban J connectivity index is 3.79. The maximum Gasteiger partial charge on any atom is 0.265 e. The zero-order chi connectivity index (χ0) is 7.44. The normalized spacial score (nSPS) is 12.1. The minimum Gasteiger partial charge on any atom is -0.364 e. The summed E-state index contributed by atoms with van der Waals surface area (Å²) in [6, 6.07) is 0. The number of nitrogens with one attached hydrogen (secondary N) is 1. The van der Waals surface area contributed by atoms with E-state index in [0.29, 0.717) is 0 Å². The summed E-state index contributed by atoms with van der Waals surface area (Å²) in [5.41, 5.74) is 4.36. The van der Waals surface area contributed by atoms with Crippen LogP contribution in [0.4, 0.5) is 0 Å². The summed E-state index contributed by atoms with van der Waals surface area (Å²) >= 11 is -2.27. The Morgan fingerprint density at radius 2 is 2.22 bits per heavy atom. The van der Waals surface area contributed by atoms with Gasteiger partial charge in [0.25, 0.3) is 17.2 Å². The van der Waals surface area contributed by atoms with E-state index in [1.54, 1.807) is 4.72 Å². The molecule has 1 amide bonds. The summed E-state index contributed by atoms with van der Waals surface area (Å²) in [5.74, 6) is -0.850. The average Bonchev–Trinajstić information content (AvgIpc) is 1.63. The molecule has 0 aliphatic heterocycles. The fourth-order valence-electron chi connectivity index (χ4n) is 0.156. The summed E-state index contributed by atoms with van der Waals surface area (Å²) in [6.07, 6.45) is 0. The van der Waals surface area contributed by atoms with Crippen molar-refractivity contribution in [1.29, 1.82) is 0 Å². The highest BCUT2D eigenvalue weighted by Crippen LogP contribution is 1.79. The van der Waals surface area contributed by atoms with E-state index < -0.39 is 17.2 Å². The first-order chi connectivity index (χ1) is 4.04. The van der Waals surface area contributed by atoms with Crippen molar-refractivity contribution in [2.75, 3.05) is 0 Å². The number of carbonyl (C=O) groups excluding carboxylic acids is 1. The molecule has 0 saturated heterocycles. The number of carbonyl (C=O) groups is 1. The van der Waals surface area contributed by atoms with Crippen molar-refractivity contribution >= 4 is 17.2 Å². The van der Waals surface area contributed by atoms with E-state index in [4.69, 9.17) is 4.55 Å². The second-order valence-corrected chi connectivity index (χ2v) is 1.90. The van der Waals surface area contributed by atoms with Crippen LogP contribution in [0.25, 0.3) is 0 Å². The van der Waals surface area contributed by atoms with Crippen molar-refractivity contribution in [2.45, 2.75) is 0 Å². The van der Waals surface area contributed by atoms with Crippen LogP contribution in [0.15, 0.2) is 12.3 Å². The van der Waals surface area contributed by atoms with Crippen LogP contribution in [0.2, 0.25) is 0 Å². The van der Waals surface area contributed by atoms with Gasteiger partial charge in [0, 0.05) is 0 Å². The average molecular weight is 150 g/mol. The molecule has 0 radical (unpaired) electrons. The summed E-state index contributed by atoms with van der Waals surface area (Å²) in [4.78, 5) is 10.0. The fraction of sp³-hybridized carbons (Fsp3) is 0. The van der Waals surface area contributed by atoms with E-state index >= 15 is 0 Å². The topological polar surface area (TPSA) is 92.4 Å². The third-order valence-corrected chi connectivity index (χ3v) is 0.929. The smallest absolute Gasteiger partial charge is 0.265 e. The van der Waals surface area contributed by atoms with Gasteiger partial charge in [-0.3, -0.25) is 14.1 Å². The van der Waals surface area contributed by atoms with Gasteiger partial charge in [0.05, 0.1) is 0 Å². The molecule has 0 aromatic carbocycles. The number of hydrogen-bond donors (Lipinski definition) is 3. The minimum atomic E-state index is -2.27. The van der Waals surface area contributed by atoms with Crippen LogP contribution in [0.3, 0.4) is 0 Å². The lowest BCUT2D eigenvalue weighted by Crippen LogP contribution is -2.26. The molecule has 1 unspecified atom stereocenters. The molecular formula is C3H6N2O3S. The number of amides is 1. The van der Waals surface area contributed by atoms with Crippen LogP contribution in [0.1, 0.15) is 0 Å². The van der Waals surface area contributed by atoms with Gasteiger partial charge in [0.2, 0.25) is 0 Å². The molecule has 0 heterocycles. The predicted octanol–water partition coefficient (Wildman–Crippen LogP) is -1.29. The van der Waals surface area contributed by atoms with Gasteiger partial charge in [-0.15, -0.1) is 0 Å². The third-order valence-electron chi connectivity index (χ3n) is 0.508. The Morgan fingerprint density at radius 3 is 2.33 bits per heavy atom. The molecule has 0 aliphatic rings. The SMILES string of the molecule is C=C(NS(=O)O)C(N)=O. The van der Waals surface area contributed by atoms with Crippen molar-refractivity contribution in [2.24, 2.45) is 5.73 Å². The van der Waals surface area contributed by atoms with Crippen LogP contribution < -0.4 is 10.5 Å². The van der Waals surface area contributed by atoms with Crippen molar-refractivity contribution in [3.63, 3.8) is 0 Å². The van der Waals surface area contributed by atoms with Gasteiger partial charge in [0.1, 0.15) is 5.70 Å². The summed E-state index contributed by atoms with van der Waals surface area (Å²) < 4.78 is 19.7. The molecule has 52 valence electrons. The Kier molecular flexibility index (Phi) is 2.89. The molecule has 1 atom stereocenters. The minimum absolute atomic E-state index is 0.282. The van der Waals surface area contributed by atoms with E-state index in [-0.39, 0.29) is 5.70 Å². The second-order valence-electron chi connectivity index (χ2n) is 1.19. The molecule has 5 nitrogen and oxygen atoms in total. The predicted molar refractivity (Wildman–Crippen MR) is 32.2 cm³/mol. The third kappa shape index (κ3) is 3.68. The number of hydrogen-bond acceptors (Lipinski definition) is 2. The molecule has 0 spiro atoms. The van der Waals surface area contributed by atoms with Crippen molar-refractivity contribution < 1.29 is 13.6 Å². The van der Waals surface area contributed by atoms with Crippen LogP contribution in [-0.4, -0.2) is 14.7 Å². The summed E-state index contributed by atoms with van der Waals surface area (Å²) in [5, 5.41) is 0. The number of nitrogens with two attached hydrogens (primary N) is 1. The molecule has 9 heavy (non-hydrogen) atoms. The molecule has 0 aromatic rings. The van der Waals surface area contributed by atoms with E-state index in [9.17, 15) is 9.00 Å². The molecular weight excluding hydrogens is 144 g/mol. The highest BCUT2D eigenvalue weighted by atomic mass is 32.2. The second kappa shape index (κ2) is 3.21. The van der Waals surface area contributed by atoms with Crippen molar-refractivity contribution in [3.8, 4) is 0 Å². The monoisotopic (exact) mass is 150 g/mol. The standard InChI is InChI=1S/C3H6N2O3S/c1-2(3(4)6)5-9(7)8/h5H,1H2,(H2,4,6)(H,7,8).